The van der Waals surface area contributed by atoms with E-state index in [9.17, 15) is 14.0 Å². The van der Waals surface area contributed by atoms with Crippen molar-refractivity contribution in [3.8, 4) is 0 Å². The van der Waals surface area contributed by atoms with Gasteiger partial charge >= 0.3 is 0 Å². The standard InChI is InChI=1S/C21H19ClFN3O3/c22-14-5-6-18-17(11-14)25-21(29-18)13-7-9-26(10-8-13)19(27)12-24-20(28)15-3-1-2-4-16(15)23/h1-6,11,13H,7-10,12H2,(H,24,28). The topological polar surface area (TPSA) is 75.4 Å². The monoisotopic (exact) mass is 415 g/mol. The van der Waals surface area contributed by atoms with Gasteiger partial charge in [0.15, 0.2) is 11.5 Å². The maximum absolute atomic E-state index is 13.6. The minimum absolute atomic E-state index is 0.0740. The second-order valence-electron chi connectivity index (χ2n) is 6.98. The van der Waals surface area contributed by atoms with Crippen LogP contribution in [-0.2, 0) is 4.79 Å². The van der Waals surface area contributed by atoms with E-state index in [1.54, 1.807) is 29.2 Å². The number of nitrogens with one attached hydrogen (secondary N) is 1. The number of hydrogen-bond acceptors (Lipinski definition) is 4. The molecule has 150 valence electrons. The molecule has 0 atom stereocenters. The maximum atomic E-state index is 13.6. The number of carbonyl (C=O) groups is 2. The summed E-state index contributed by atoms with van der Waals surface area (Å²) in [5.41, 5.74) is 1.34. The van der Waals surface area contributed by atoms with Gasteiger partial charge in [0.2, 0.25) is 5.91 Å². The van der Waals surface area contributed by atoms with Crippen LogP contribution in [0.5, 0.6) is 0 Å². The number of halogens is 2. The highest BCUT2D eigenvalue weighted by Crippen LogP contribution is 2.30. The van der Waals surface area contributed by atoms with Crippen LogP contribution in [0, 0.1) is 5.82 Å². The Morgan fingerprint density at radius 2 is 1.97 bits per heavy atom. The number of fused-ring (bicyclic) bond motifs is 1. The van der Waals surface area contributed by atoms with E-state index < -0.39 is 11.7 Å². The van der Waals surface area contributed by atoms with E-state index in [0.29, 0.717) is 42.4 Å². The highest BCUT2D eigenvalue weighted by molar-refractivity contribution is 6.31. The summed E-state index contributed by atoms with van der Waals surface area (Å²) in [6.07, 6.45) is 1.43. The highest BCUT2D eigenvalue weighted by atomic mass is 35.5. The van der Waals surface area contributed by atoms with Crippen molar-refractivity contribution in [1.82, 2.24) is 15.2 Å². The molecule has 0 saturated carbocycles. The molecule has 4 rings (SSSR count). The lowest BCUT2D eigenvalue weighted by Gasteiger charge is -2.30. The molecule has 1 aliphatic rings. The van der Waals surface area contributed by atoms with E-state index >= 15 is 0 Å². The minimum atomic E-state index is -0.613. The normalized spacial score (nSPS) is 14.9. The van der Waals surface area contributed by atoms with E-state index in [1.165, 1.54) is 18.2 Å². The molecule has 29 heavy (non-hydrogen) atoms. The largest absolute Gasteiger partial charge is 0.440 e. The van der Waals surface area contributed by atoms with Gasteiger partial charge in [0, 0.05) is 24.0 Å². The number of rotatable bonds is 4. The van der Waals surface area contributed by atoms with Gasteiger partial charge < -0.3 is 14.6 Å². The van der Waals surface area contributed by atoms with E-state index in [1.807, 2.05) is 0 Å². The quantitative estimate of drug-likeness (QED) is 0.704. The fourth-order valence-electron chi connectivity index (χ4n) is 3.48. The minimum Gasteiger partial charge on any atom is -0.440 e. The lowest BCUT2D eigenvalue weighted by molar-refractivity contribution is -0.131. The molecular weight excluding hydrogens is 397 g/mol. The van der Waals surface area contributed by atoms with Crippen molar-refractivity contribution in [2.75, 3.05) is 19.6 Å². The number of aromatic nitrogens is 1. The first kappa shape index (κ1) is 19.4. The summed E-state index contributed by atoms with van der Waals surface area (Å²) in [7, 11) is 0. The van der Waals surface area contributed by atoms with Gasteiger partial charge in [0.25, 0.3) is 5.91 Å². The number of oxazole rings is 1. The van der Waals surface area contributed by atoms with Gasteiger partial charge in [-0.2, -0.15) is 0 Å². The number of piperidine rings is 1. The summed E-state index contributed by atoms with van der Waals surface area (Å²) in [6.45, 7) is 0.913. The highest BCUT2D eigenvalue weighted by Gasteiger charge is 2.27. The van der Waals surface area contributed by atoms with Crippen LogP contribution in [0.3, 0.4) is 0 Å². The van der Waals surface area contributed by atoms with Gasteiger partial charge in [-0.3, -0.25) is 9.59 Å². The predicted octanol–water partition coefficient (Wildman–Crippen LogP) is 3.76. The van der Waals surface area contributed by atoms with Crippen molar-refractivity contribution in [3.05, 3.63) is 64.8 Å². The predicted molar refractivity (Wildman–Crippen MR) is 106 cm³/mol. The third-order valence-corrected chi connectivity index (χ3v) is 5.32. The third kappa shape index (κ3) is 4.24. The average Bonchev–Trinajstić information content (AvgIpc) is 3.15. The Morgan fingerprint density at radius 1 is 1.21 bits per heavy atom. The summed E-state index contributed by atoms with van der Waals surface area (Å²) in [6, 6.07) is 11.0. The van der Waals surface area contributed by atoms with Crippen molar-refractivity contribution in [3.63, 3.8) is 0 Å². The molecule has 0 bridgehead atoms. The molecule has 0 spiro atoms. The maximum Gasteiger partial charge on any atom is 0.254 e. The lowest BCUT2D eigenvalue weighted by atomic mass is 9.97. The van der Waals surface area contributed by atoms with Crippen molar-refractivity contribution in [2.24, 2.45) is 0 Å². The fourth-order valence-corrected chi connectivity index (χ4v) is 3.64. The number of nitrogens with zero attached hydrogens (tertiary/aromatic N) is 2. The number of carbonyl (C=O) groups excluding carboxylic acids is 2. The molecule has 8 heteroatoms. The first-order valence-corrected chi connectivity index (χ1v) is 9.75. The molecule has 3 aromatic rings. The van der Waals surface area contributed by atoms with Crippen LogP contribution < -0.4 is 5.32 Å². The van der Waals surface area contributed by atoms with Gasteiger partial charge in [-0.05, 0) is 43.2 Å². The molecule has 1 aromatic heterocycles. The van der Waals surface area contributed by atoms with Crippen molar-refractivity contribution < 1.29 is 18.4 Å². The Morgan fingerprint density at radius 3 is 2.72 bits per heavy atom. The molecular formula is C21H19ClFN3O3. The van der Waals surface area contributed by atoms with Crippen LogP contribution >= 0.6 is 11.6 Å². The number of benzene rings is 2. The Kier molecular flexibility index (Phi) is 5.49. The van der Waals surface area contributed by atoms with Crippen LogP contribution in [0.25, 0.3) is 11.1 Å². The van der Waals surface area contributed by atoms with Gasteiger partial charge in [0.1, 0.15) is 11.3 Å². The molecule has 1 saturated heterocycles. The lowest BCUT2D eigenvalue weighted by Crippen LogP contribution is -2.43. The van der Waals surface area contributed by atoms with E-state index in [2.05, 4.69) is 10.3 Å². The zero-order valence-corrected chi connectivity index (χ0v) is 16.3. The second kappa shape index (κ2) is 8.21. The molecule has 6 nitrogen and oxygen atoms in total. The molecule has 0 unspecified atom stereocenters. The van der Waals surface area contributed by atoms with Crippen LogP contribution in [0.1, 0.15) is 35.0 Å². The van der Waals surface area contributed by atoms with Gasteiger partial charge in [-0.1, -0.05) is 23.7 Å². The van der Waals surface area contributed by atoms with Crippen molar-refractivity contribution >= 4 is 34.5 Å². The number of amides is 2. The van der Waals surface area contributed by atoms with E-state index in [0.717, 1.165) is 5.52 Å². The van der Waals surface area contributed by atoms with E-state index in [4.69, 9.17) is 16.0 Å². The van der Waals surface area contributed by atoms with Gasteiger partial charge in [-0.15, -0.1) is 0 Å². The van der Waals surface area contributed by atoms with E-state index in [-0.39, 0.29) is 23.9 Å². The summed E-state index contributed by atoms with van der Waals surface area (Å²) in [5, 5.41) is 3.10. The zero-order valence-electron chi connectivity index (χ0n) is 15.5. The first-order valence-electron chi connectivity index (χ1n) is 9.38. The Balaban J connectivity index is 1.31. The Labute approximate surface area is 171 Å². The van der Waals surface area contributed by atoms with Crippen molar-refractivity contribution in [2.45, 2.75) is 18.8 Å². The molecule has 1 fully saturated rings. The van der Waals surface area contributed by atoms with Gasteiger partial charge in [-0.25, -0.2) is 9.37 Å². The van der Waals surface area contributed by atoms with Crippen molar-refractivity contribution in [1.29, 1.82) is 0 Å². The van der Waals surface area contributed by atoms with Gasteiger partial charge in [0.05, 0.1) is 12.1 Å². The molecule has 0 aliphatic carbocycles. The summed E-state index contributed by atoms with van der Waals surface area (Å²) >= 11 is 5.99. The number of likely N-dealkylation sites (tertiary alicyclic amines) is 1. The van der Waals surface area contributed by atoms with Crippen LogP contribution in [0.15, 0.2) is 46.9 Å². The summed E-state index contributed by atoms with van der Waals surface area (Å²) < 4.78 is 19.5. The second-order valence-corrected chi connectivity index (χ2v) is 7.42. The van der Waals surface area contributed by atoms with Crippen LogP contribution in [0.2, 0.25) is 5.02 Å². The van der Waals surface area contributed by atoms with Crippen LogP contribution in [-0.4, -0.2) is 41.3 Å². The Bertz CT molecular complexity index is 1060. The zero-order chi connectivity index (χ0) is 20.4. The molecule has 0 radical (unpaired) electrons. The molecule has 2 aromatic carbocycles. The summed E-state index contributed by atoms with van der Waals surface area (Å²) in [5.74, 6) is -0.632. The SMILES string of the molecule is O=C(NCC(=O)N1CCC(c2nc3cc(Cl)ccc3o2)CC1)c1ccccc1F. The molecule has 2 heterocycles. The first-order chi connectivity index (χ1) is 14.0. The number of hydrogen-bond donors (Lipinski definition) is 1. The smallest absolute Gasteiger partial charge is 0.254 e. The third-order valence-electron chi connectivity index (χ3n) is 5.08. The molecule has 1 N–H and O–H groups in total. The molecule has 1 aliphatic heterocycles. The fraction of sp³-hybridized carbons (Fsp3) is 0.286. The van der Waals surface area contributed by atoms with Crippen LogP contribution in [0.4, 0.5) is 4.39 Å². The molecule has 2 amide bonds. The average molecular weight is 416 g/mol. The summed E-state index contributed by atoms with van der Waals surface area (Å²) in [4.78, 5) is 30.7. The Hall–Kier alpha value is -2.93.